The second-order valence-corrected chi connectivity index (χ2v) is 9.04. The Morgan fingerprint density at radius 2 is 1.68 bits per heavy atom. The molecular formula is C27H27N5O2. The van der Waals surface area contributed by atoms with Gasteiger partial charge in [0.1, 0.15) is 11.6 Å². The summed E-state index contributed by atoms with van der Waals surface area (Å²) in [4.78, 5) is 17.5. The second-order valence-electron chi connectivity index (χ2n) is 9.04. The smallest absolute Gasteiger partial charge is 0.176 e. The molecule has 1 aromatic carbocycles. The summed E-state index contributed by atoms with van der Waals surface area (Å²) >= 11 is 0. The van der Waals surface area contributed by atoms with Crippen molar-refractivity contribution in [3.05, 3.63) is 95.2 Å². The van der Waals surface area contributed by atoms with E-state index >= 15 is 0 Å². The van der Waals surface area contributed by atoms with Gasteiger partial charge in [0, 0.05) is 29.9 Å². The van der Waals surface area contributed by atoms with Crippen LogP contribution in [0.15, 0.2) is 65.4 Å². The fourth-order valence-corrected chi connectivity index (χ4v) is 4.53. The molecule has 0 aliphatic rings. The van der Waals surface area contributed by atoms with Crippen molar-refractivity contribution in [3.63, 3.8) is 0 Å². The fraction of sp³-hybridized carbons (Fsp3) is 0.259. The Morgan fingerprint density at radius 3 is 2.21 bits per heavy atom. The number of fused-ring (bicyclic) bond motifs is 1. The van der Waals surface area contributed by atoms with Crippen LogP contribution in [0.5, 0.6) is 0 Å². The van der Waals surface area contributed by atoms with E-state index in [1.165, 1.54) is 0 Å². The monoisotopic (exact) mass is 453 g/mol. The van der Waals surface area contributed by atoms with Crippen LogP contribution >= 0.6 is 0 Å². The minimum atomic E-state index is -1.62. The molecule has 0 amide bonds. The van der Waals surface area contributed by atoms with E-state index in [-0.39, 0.29) is 0 Å². The van der Waals surface area contributed by atoms with Gasteiger partial charge in [0.25, 0.3) is 0 Å². The molecule has 0 spiro atoms. The molecule has 0 bridgehead atoms. The first-order valence-corrected chi connectivity index (χ1v) is 11.4. The van der Waals surface area contributed by atoms with Crippen molar-refractivity contribution in [3.8, 4) is 11.1 Å². The summed E-state index contributed by atoms with van der Waals surface area (Å²) in [6.07, 6.45) is 4.14. The summed E-state index contributed by atoms with van der Waals surface area (Å²) in [6, 6.07) is 15.0. The van der Waals surface area contributed by atoms with Crippen LogP contribution in [0.25, 0.3) is 22.2 Å². The number of imidazole rings is 1. The predicted molar refractivity (Wildman–Crippen MR) is 130 cm³/mol. The minimum absolute atomic E-state index is 0.427. The number of hydrogen-bond acceptors (Lipinski definition) is 6. The molecule has 0 saturated carbocycles. The summed E-state index contributed by atoms with van der Waals surface area (Å²) in [5.74, 6) is 2.01. The first-order valence-electron chi connectivity index (χ1n) is 11.4. The molecule has 0 atom stereocenters. The summed E-state index contributed by atoms with van der Waals surface area (Å²) in [6.45, 7) is 8.11. The number of aromatic nitrogens is 5. The highest BCUT2D eigenvalue weighted by molar-refractivity contribution is 5.88. The third kappa shape index (κ3) is 3.68. The van der Waals surface area contributed by atoms with Crippen LogP contribution in [0.1, 0.15) is 48.1 Å². The number of aryl methyl sites for hydroxylation is 2. The summed E-state index contributed by atoms with van der Waals surface area (Å²) < 4.78 is 5.45. The Hall–Kier alpha value is -3.84. The number of aliphatic hydroxyl groups is 1. The molecule has 0 fully saturated rings. The van der Waals surface area contributed by atoms with Crippen LogP contribution in [-0.4, -0.2) is 30.2 Å². The van der Waals surface area contributed by atoms with E-state index in [1.54, 1.807) is 12.4 Å². The van der Waals surface area contributed by atoms with Crippen molar-refractivity contribution >= 4 is 11.0 Å². The Bertz CT molecular complexity index is 1380. The number of benzene rings is 1. The average Bonchev–Trinajstić information content (AvgIpc) is 3.40. The van der Waals surface area contributed by atoms with Gasteiger partial charge in [-0.25, -0.2) is 4.98 Å². The number of aromatic amines is 1. The lowest BCUT2D eigenvalue weighted by molar-refractivity contribution is 0.117. The van der Waals surface area contributed by atoms with Crippen molar-refractivity contribution < 1.29 is 9.63 Å². The Morgan fingerprint density at radius 1 is 1.00 bits per heavy atom. The molecule has 0 aliphatic heterocycles. The molecule has 4 heterocycles. The van der Waals surface area contributed by atoms with Crippen LogP contribution in [0, 0.1) is 19.8 Å². The molecular weight excluding hydrogens is 426 g/mol. The number of nitrogens with one attached hydrogen (secondary N) is 1. The van der Waals surface area contributed by atoms with E-state index in [2.05, 4.69) is 34.0 Å². The highest BCUT2D eigenvalue weighted by Gasteiger charge is 2.39. The molecule has 0 unspecified atom stereocenters. The zero-order valence-electron chi connectivity index (χ0n) is 19.7. The van der Waals surface area contributed by atoms with Crippen molar-refractivity contribution in [2.75, 3.05) is 0 Å². The number of pyridine rings is 2. The zero-order valence-corrected chi connectivity index (χ0v) is 19.7. The molecule has 0 aliphatic carbocycles. The first-order chi connectivity index (χ1) is 16.4. The van der Waals surface area contributed by atoms with Crippen LogP contribution < -0.4 is 0 Å². The van der Waals surface area contributed by atoms with Gasteiger partial charge in [0.05, 0.1) is 28.1 Å². The van der Waals surface area contributed by atoms with Gasteiger partial charge >= 0.3 is 0 Å². The summed E-state index contributed by atoms with van der Waals surface area (Å²) in [5.41, 5.74) is 3.99. The first kappa shape index (κ1) is 22.0. The van der Waals surface area contributed by atoms with Crippen LogP contribution in [0.2, 0.25) is 0 Å². The van der Waals surface area contributed by atoms with Gasteiger partial charge < -0.3 is 14.6 Å². The molecule has 34 heavy (non-hydrogen) atoms. The maximum atomic E-state index is 12.5. The maximum absolute atomic E-state index is 12.5. The van der Waals surface area contributed by atoms with Crippen molar-refractivity contribution in [1.29, 1.82) is 0 Å². The highest BCUT2D eigenvalue weighted by atomic mass is 16.5. The molecule has 0 saturated heterocycles. The van der Waals surface area contributed by atoms with Gasteiger partial charge in [-0.1, -0.05) is 31.1 Å². The fourth-order valence-electron chi connectivity index (χ4n) is 4.53. The van der Waals surface area contributed by atoms with Gasteiger partial charge in [-0.15, -0.1) is 0 Å². The lowest BCUT2D eigenvalue weighted by Crippen LogP contribution is -2.31. The van der Waals surface area contributed by atoms with Gasteiger partial charge in [-0.3, -0.25) is 9.97 Å². The minimum Gasteiger partial charge on any atom is -0.373 e. The molecule has 5 aromatic rings. The number of hydrogen-bond donors (Lipinski definition) is 2. The van der Waals surface area contributed by atoms with E-state index in [0.717, 1.165) is 34.6 Å². The number of H-pyrrole nitrogens is 1. The third-order valence-corrected chi connectivity index (χ3v) is 6.02. The van der Waals surface area contributed by atoms with Crippen LogP contribution in [0.4, 0.5) is 0 Å². The largest absolute Gasteiger partial charge is 0.373 e. The van der Waals surface area contributed by atoms with E-state index in [1.807, 2.05) is 62.4 Å². The molecule has 2 N–H and O–H groups in total. The highest BCUT2D eigenvalue weighted by Crippen LogP contribution is 2.41. The Balaban J connectivity index is 1.86. The molecule has 0 radical (unpaired) electrons. The molecule has 5 rings (SSSR count). The Labute approximate surface area is 197 Å². The topological polar surface area (TPSA) is 101 Å². The van der Waals surface area contributed by atoms with Gasteiger partial charge in [-0.05, 0) is 61.7 Å². The summed E-state index contributed by atoms with van der Waals surface area (Å²) in [7, 11) is 0. The molecule has 172 valence electrons. The predicted octanol–water partition coefficient (Wildman–Crippen LogP) is 5.11. The van der Waals surface area contributed by atoms with Gasteiger partial charge in [0.15, 0.2) is 5.60 Å². The Kier molecular flexibility index (Phi) is 5.49. The van der Waals surface area contributed by atoms with Gasteiger partial charge in [0.2, 0.25) is 0 Å². The van der Waals surface area contributed by atoms with E-state index < -0.39 is 5.60 Å². The normalized spacial score (nSPS) is 12.1. The lowest BCUT2D eigenvalue weighted by Gasteiger charge is -2.28. The maximum Gasteiger partial charge on any atom is 0.176 e. The van der Waals surface area contributed by atoms with Gasteiger partial charge in [-0.2, -0.15) is 0 Å². The van der Waals surface area contributed by atoms with Crippen molar-refractivity contribution in [2.24, 2.45) is 5.92 Å². The van der Waals surface area contributed by atoms with Crippen LogP contribution in [0.3, 0.4) is 0 Å². The third-order valence-electron chi connectivity index (χ3n) is 6.02. The van der Waals surface area contributed by atoms with Crippen LogP contribution in [-0.2, 0) is 12.0 Å². The second kappa shape index (κ2) is 8.50. The molecule has 7 nitrogen and oxygen atoms in total. The number of rotatable bonds is 6. The quantitative estimate of drug-likeness (QED) is 0.371. The van der Waals surface area contributed by atoms with Crippen molar-refractivity contribution in [2.45, 2.75) is 39.7 Å². The zero-order chi connectivity index (χ0) is 23.9. The average molecular weight is 454 g/mol. The van der Waals surface area contributed by atoms with E-state index in [9.17, 15) is 5.11 Å². The summed E-state index contributed by atoms with van der Waals surface area (Å²) in [5, 5.41) is 16.6. The number of nitrogens with zero attached hydrogens (tertiary/aromatic N) is 4. The standard InChI is InChI=1S/C27H27N5O2/c1-16(2)13-24-30-21-15-19(25-17(3)32-34-18(25)4)14-20(26(21)31-24)27(33,22-9-5-7-11-28-22)23-10-6-8-12-29-23/h5-12,14-16,33H,13H2,1-4H3,(H,30,31). The lowest BCUT2D eigenvalue weighted by atomic mass is 9.83. The van der Waals surface area contributed by atoms with E-state index in [0.29, 0.717) is 34.1 Å². The van der Waals surface area contributed by atoms with E-state index in [4.69, 9.17) is 9.51 Å². The molecule has 7 heteroatoms. The molecule has 4 aromatic heterocycles. The van der Waals surface area contributed by atoms with Crippen molar-refractivity contribution in [1.82, 2.24) is 25.1 Å². The SMILES string of the molecule is Cc1noc(C)c1-c1cc(C(O)(c2ccccn2)c2ccccn2)c2nc(CC(C)C)[nH]c2c1.